The van der Waals surface area contributed by atoms with Gasteiger partial charge in [-0.3, -0.25) is 19.3 Å². The third-order valence-corrected chi connectivity index (χ3v) is 7.74. The molecule has 3 saturated heterocycles. The Labute approximate surface area is 191 Å². The molecule has 4 atom stereocenters. The average molecular weight is 476 g/mol. The molecule has 0 radical (unpaired) electrons. The van der Waals surface area contributed by atoms with Crippen molar-refractivity contribution in [2.24, 2.45) is 11.8 Å². The number of nitrogens with zero attached hydrogens (tertiary/aromatic N) is 2. The summed E-state index contributed by atoms with van der Waals surface area (Å²) in [5.41, 5.74) is -2.18. The number of fused-ring (bicyclic) bond motifs is 7. The van der Waals surface area contributed by atoms with Gasteiger partial charge in [0.1, 0.15) is 5.54 Å². The summed E-state index contributed by atoms with van der Waals surface area (Å²) in [4.78, 5) is 43.5. The summed E-state index contributed by atoms with van der Waals surface area (Å²) in [5, 5.41) is 3.07. The summed E-state index contributed by atoms with van der Waals surface area (Å²) in [7, 11) is 0. The van der Waals surface area contributed by atoms with Gasteiger partial charge in [-0.05, 0) is 37.6 Å². The second kappa shape index (κ2) is 6.57. The van der Waals surface area contributed by atoms with Gasteiger partial charge in [0.25, 0.3) is 5.91 Å². The van der Waals surface area contributed by atoms with Gasteiger partial charge in [-0.1, -0.05) is 35.9 Å². The minimum atomic E-state index is -4.75. The molecule has 2 aromatic carbocycles. The SMILES string of the molecule is O=C1[C@@H]2[C@@H]3CCCN3[C@]3(C(=O)Nc4c(Cl)cccc43)[C@H]2C(=O)N1c1ccccc1C(F)(F)F. The normalized spacial score (nSPS) is 30.7. The van der Waals surface area contributed by atoms with E-state index in [2.05, 4.69) is 5.32 Å². The predicted octanol–water partition coefficient (Wildman–Crippen LogP) is 3.79. The van der Waals surface area contributed by atoms with Crippen LogP contribution in [0.15, 0.2) is 42.5 Å². The molecule has 0 saturated carbocycles. The van der Waals surface area contributed by atoms with E-state index in [1.165, 1.54) is 12.1 Å². The quantitative estimate of drug-likeness (QED) is 0.637. The van der Waals surface area contributed by atoms with Crippen LogP contribution in [0.3, 0.4) is 0 Å². The van der Waals surface area contributed by atoms with Gasteiger partial charge in [-0.25, -0.2) is 4.90 Å². The molecule has 1 spiro atoms. The van der Waals surface area contributed by atoms with E-state index in [9.17, 15) is 27.6 Å². The lowest BCUT2D eigenvalue weighted by atomic mass is 9.75. The minimum absolute atomic E-state index is 0.299. The highest BCUT2D eigenvalue weighted by Crippen LogP contribution is 2.61. The fraction of sp³-hybridized carbons (Fsp3) is 0.348. The van der Waals surface area contributed by atoms with E-state index in [0.29, 0.717) is 40.6 Å². The van der Waals surface area contributed by atoms with E-state index in [4.69, 9.17) is 11.6 Å². The first-order valence-electron chi connectivity index (χ1n) is 10.6. The Morgan fingerprint density at radius 2 is 1.79 bits per heavy atom. The van der Waals surface area contributed by atoms with Crippen LogP contribution in [-0.2, 0) is 26.1 Å². The van der Waals surface area contributed by atoms with Gasteiger partial charge in [-0.2, -0.15) is 13.2 Å². The Morgan fingerprint density at radius 3 is 2.55 bits per heavy atom. The van der Waals surface area contributed by atoms with Gasteiger partial charge in [0.15, 0.2) is 0 Å². The zero-order valence-electron chi connectivity index (χ0n) is 17.0. The Morgan fingerprint density at radius 1 is 1.03 bits per heavy atom. The summed E-state index contributed by atoms with van der Waals surface area (Å²) in [6.45, 7) is 0.497. The molecule has 6 nitrogen and oxygen atoms in total. The van der Waals surface area contributed by atoms with Gasteiger partial charge >= 0.3 is 6.18 Å². The zero-order valence-corrected chi connectivity index (χ0v) is 17.8. The molecule has 4 aliphatic heterocycles. The van der Waals surface area contributed by atoms with Gasteiger partial charge in [0, 0.05) is 11.6 Å². The first-order chi connectivity index (χ1) is 15.7. The molecule has 3 amide bonds. The van der Waals surface area contributed by atoms with Crippen LogP contribution in [0, 0.1) is 11.8 Å². The molecule has 2 aromatic rings. The number of rotatable bonds is 1. The predicted molar refractivity (Wildman–Crippen MR) is 112 cm³/mol. The van der Waals surface area contributed by atoms with Crippen LogP contribution >= 0.6 is 11.6 Å². The maximum absolute atomic E-state index is 13.8. The van der Waals surface area contributed by atoms with E-state index in [0.717, 1.165) is 12.1 Å². The Kier molecular flexibility index (Phi) is 4.12. The number of amides is 3. The molecule has 10 heteroatoms. The number of imide groups is 1. The number of nitrogens with one attached hydrogen (secondary N) is 1. The molecule has 4 heterocycles. The third-order valence-electron chi connectivity index (χ3n) is 7.43. The van der Waals surface area contributed by atoms with E-state index in [1.54, 1.807) is 18.2 Å². The van der Waals surface area contributed by atoms with E-state index in [1.807, 2.05) is 4.90 Å². The van der Waals surface area contributed by atoms with Crippen LogP contribution in [0.4, 0.5) is 24.5 Å². The molecular formula is C23H17ClF3N3O3. The van der Waals surface area contributed by atoms with Crippen molar-refractivity contribution in [2.45, 2.75) is 30.6 Å². The number of alkyl halides is 3. The van der Waals surface area contributed by atoms with E-state index < -0.39 is 58.6 Å². The van der Waals surface area contributed by atoms with Crippen molar-refractivity contribution in [2.75, 3.05) is 16.8 Å². The highest BCUT2D eigenvalue weighted by molar-refractivity contribution is 6.35. The lowest BCUT2D eigenvalue weighted by Gasteiger charge is -2.36. The Hall–Kier alpha value is -2.91. The van der Waals surface area contributed by atoms with Crippen molar-refractivity contribution in [1.29, 1.82) is 0 Å². The molecule has 0 bridgehead atoms. The van der Waals surface area contributed by atoms with Crippen molar-refractivity contribution in [3.05, 3.63) is 58.6 Å². The van der Waals surface area contributed by atoms with E-state index >= 15 is 0 Å². The standard InChI is InChI=1S/C23H17ClF3N3O3/c24-13-7-3-6-12-18(13)28-21(33)22(12)17-16(15-9-4-10-29(15)22)19(31)30(20(17)32)14-8-2-1-5-11(14)23(25,26)27/h1-3,5-8,15-17H,4,9-10H2,(H,28,33)/t15-,16+,17+,22-/m0/s1. The van der Waals surface area contributed by atoms with Crippen molar-refractivity contribution in [3.8, 4) is 0 Å². The molecule has 6 rings (SSSR count). The number of halogens is 4. The van der Waals surface area contributed by atoms with E-state index in [-0.39, 0.29) is 0 Å². The van der Waals surface area contributed by atoms with Crippen molar-refractivity contribution >= 4 is 40.7 Å². The molecule has 3 fully saturated rings. The molecule has 0 aromatic heterocycles. The molecule has 0 aliphatic carbocycles. The highest BCUT2D eigenvalue weighted by Gasteiger charge is 2.75. The summed E-state index contributed by atoms with van der Waals surface area (Å²) in [5.74, 6) is -4.02. The first kappa shape index (κ1) is 20.7. The lowest BCUT2D eigenvalue weighted by Crippen LogP contribution is -2.54. The minimum Gasteiger partial charge on any atom is -0.323 e. The molecule has 170 valence electrons. The van der Waals surface area contributed by atoms with Gasteiger partial charge in [0.05, 0.1) is 33.8 Å². The molecule has 1 N–H and O–H groups in total. The summed E-state index contributed by atoms with van der Waals surface area (Å²) in [6, 6.07) is 9.08. The maximum Gasteiger partial charge on any atom is 0.418 e. The topological polar surface area (TPSA) is 69.7 Å². The van der Waals surface area contributed by atoms with Crippen LogP contribution in [0.2, 0.25) is 5.02 Å². The molecule has 33 heavy (non-hydrogen) atoms. The van der Waals surface area contributed by atoms with Crippen LogP contribution < -0.4 is 10.2 Å². The molecule has 0 unspecified atom stereocenters. The maximum atomic E-state index is 13.8. The van der Waals surface area contributed by atoms with Crippen LogP contribution in [0.25, 0.3) is 0 Å². The lowest BCUT2D eigenvalue weighted by molar-refractivity contribution is -0.138. The first-order valence-corrected chi connectivity index (χ1v) is 11.0. The number of anilines is 2. The number of para-hydroxylation sites is 2. The number of carbonyl (C=O) groups is 3. The fourth-order valence-corrected chi connectivity index (χ4v) is 6.56. The second-order valence-corrected chi connectivity index (χ2v) is 9.22. The molecular weight excluding hydrogens is 459 g/mol. The Balaban J connectivity index is 1.57. The summed E-state index contributed by atoms with van der Waals surface area (Å²) < 4.78 is 41.2. The molecule has 4 aliphatic rings. The average Bonchev–Trinajstić information content (AvgIpc) is 3.47. The van der Waals surface area contributed by atoms with Crippen LogP contribution in [0.1, 0.15) is 24.0 Å². The largest absolute Gasteiger partial charge is 0.418 e. The van der Waals surface area contributed by atoms with Crippen molar-refractivity contribution in [3.63, 3.8) is 0 Å². The number of carbonyl (C=O) groups excluding carboxylic acids is 3. The van der Waals surface area contributed by atoms with Gasteiger partial charge in [-0.15, -0.1) is 0 Å². The zero-order chi connectivity index (χ0) is 23.3. The van der Waals surface area contributed by atoms with Crippen molar-refractivity contribution in [1.82, 2.24) is 4.90 Å². The second-order valence-electron chi connectivity index (χ2n) is 8.82. The monoisotopic (exact) mass is 475 g/mol. The smallest absolute Gasteiger partial charge is 0.323 e. The third kappa shape index (κ3) is 2.41. The summed E-state index contributed by atoms with van der Waals surface area (Å²) >= 11 is 6.32. The number of hydrogen-bond acceptors (Lipinski definition) is 4. The van der Waals surface area contributed by atoms with Crippen LogP contribution in [0.5, 0.6) is 0 Å². The van der Waals surface area contributed by atoms with Crippen LogP contribution in [-0.4, -0.2) is 35.2 Å². The van der Waals surface area contributed by atoms with Gasteiger partial charge in [0.2, 0.25) is 11.8 Å². The number of benzene rings is 2. The Bertz CT molecular complexity index is 1250. The van der Waals surface area contributed by atoms with Gasteiger partial charge < -0.3 is 5.32 Å². The highest BCUT2D eigenvalue weighted by atomic mass is 35.5. The fourth-order valence-electron chi connectivity index (χ4n) is 6.34. The summed E-state index contributed by atoms with van der Waals surface area (Å²) in [6.07, 6.45) is -3.48. The number of hydrogen-bond donors (Lipinski definition) is 1. The van der Waals surface area contributed by atoms with Crippen molar-refractivity contribution < 1.29 is 27.6 Å².